The van der Waals surface area contributed by atoms with Gasteiger partial charge in [-0.1, -0.05) is 0 Å². The molecule has 0 aromatic carbocycles. The van der Waals surface area contributed by atoms with Crippen LogP contribution in [0.25, 0.3) is 0 Å². The van der Waals surface area contributed by atoms with Gasteiger partial charge in [0.15, 0.2) is 6.61 Å². The van der Waals surface area contributed by atoms with Gasteiger partial charge in [0.05, 0.1) is 6.04 Å². The first-order chi connectivity index (χ1) is 5.65. The molecule has 0 amide bonds. The predicted octanol–water partition coefficient (Wildman–Crippen LogP) is -0.0889. The highest BCUT2D eigenvalue weighted by molar-refractivity contribution is 4.84. The highest BCUT2D eigenvalue weighted by Crippen LogP contribution is 2.18. The normalized spacial score (nSPS) is 32.8. The summed E-state index contributed by atoms with van der Waals surface area (Å²) in [6, 6.07) is 1.31. The van der Waals surface area contributed by atoms with Crippen LogP contribution in [0.4, 0.5) is 0 Å². The molecular formula is C9H21N2O+. The Kier molecular flexibility index (Phi) is 3.50. The van der Waals surface area contributed by atoms with Crippen LogP contribution in [0.15, 0.2) is 0 Å². The molecule has 1 heterocycles. The Bertz CT molecular complexity index is 138. The van der Waals surface area contributed by atoms with Crippen molar-refractivity contribution in [2.24, 2.45) is 5.73 Å². The van der Waals surface area contributed by atoms with Crippen LogP contribution in [0.2, 0.25) is 0 Å². The molecular weight excluding hydrogens is 152 g/mol. The van der Waals surface area contributed by atoms with E-state index in [4.69, 9.17) is 10.8 Å². The minimum atomic E-state index is 0.329. The molecule has 1 rings (SSSR count). The van der Waals surface area contributed by atoms with Crippen molar-refractivity contribution in [2.75, 3.05) is 13.2 Å². The van der Waals surface area contributed by atoms with E-state index in [9.17, 15) is 0 Å². The Hall–Kier alpha value is -0.120. The third-order valence-corrected chi connectivity index (χ3v) is 2.68. The lowest BCUT2D eigenvalue weighted by molar-refractivity contribution is 0.0569. The molecule has 1 aliphatic rings. The van der Waals surface area contributed by atoms with Crippen LogP contribution >= 0.6 is 0 Å². The monoisotopic (exact) mass is 173 g/mol. The van der Waals surface area contributed by atoms with Gasteiger partial charge in [0, 0.05) is 18.6 Å². The van der Waals surface area contributed by atoms with Crippen molar-refractivity contribution in [1.82, 2.24) is 4.90 Å². The summed E-state index contributed by atoms with van der Waals surface area (Å²) < 4.78 is 0. The molecule has 4 N–H and O–H groups in total. The van der Waals surface area contributed by atoms with E-state index in [1.807, 2.05) is 0 Å². The molecule has 3 nitrogen and oxygen atoms in total. The number of piperidine rings is 1. The topological polar surface area (TPSA) is 52.2 Å². The fraction of sp³-hybridized carbons (Fsp3) is 1.00. The largest absolute Gasteiger partial charge is 0.444 e. The average molecular weight is 173 g/mol. The summed E-state index contributed by atoms with van der Waals surface area (Å²) in [7, 11) is 0. The van der Waals surface area contributed by atoms with Crippen LogP contribution in [-0.4, -0.2) is 41.3 Å². The zero-order valence-electron chi connectivity index (χ0n) is 8.09. The first kappa shape index (κ1) is 9.96. The standard InChI is InChI=1S/C9H20N2O/c1-7(2)11-5-8(10)3-4-9(11)6-12/h7-9,12H,3-6,10H2,1-2H3/p+1/t8-,9-/m0/s1. The molecule has 2 atom stereocenters. The van der Waals surface area contributed by atoms with Crippen molar-refractivity contribution < 1.29 is 5.11 Å². The molecule has 3 heteroatoms. The molecule has 0 bridgehead atoms. The number of hydrogen-bond donors (Lipinski definition) is 1. The molecule has 1 fully saturated rings. The van der Waals surface area contributed by atoms with Crippen molar-refractivity contribution in [3.8, 4) is 0 Å². The second-order valence-electron chi connectivity index (χ2n) is 3.99. The Labute approximate surface area is 74.5 Å². The highest BCUT2D eigenvalue weighted by Gasteiger charge is 2.28. The highest BCUT2D eigenvalue weighted by atomic mass is 16.3. The lowest BCUT2D eigenvalue weighted by Crippen LogP contribution is -2.52. The van der Waals surface area contributed by atoms with E-state index in [-0.39, 0.29) is 0 Å². The summed E-state index contributed by atoms with van der Waals surface area (Å²) >= 11 is 0. The first-order valence-corrected chi connectivity index (χ1v) is 4.81. The summed E-state index contributed by atoms with van der Waals surface area (Å²) in [6.07, 6.45) is 2.19. The van der Waals surface area contributed by atoms with Gasteiger partial charge in [-0.15, -0.1) is 0 Å². The molecule has 12 heavy (non-hydrogen) atoms. The fourth-order valence-electron chi connectivity index (χ4n) is 1.94. The van der Waals surface area contributed by atoms with Gasteiger partial charge in [-0.3, -0.25) is 4.90 Å². The molecule has 0 aromatic heterocycles. The number of nitrogens with two attached hydrogens (primary N) is 1. The van der Waals surface area contributed by atoms with Gasteiger partial charge >= 0.3 is 0 Å². The first-order valence-electron chi connectivity index (χ1n) is 4.81. The number of nitrogens with zero attached hydrogens (tertiary/aromatic N) is 1. The van der Waals surface area contributed by atoms with Crippen LogP contribution in [0.1, 0.15) is 26.7 Å². The zero-order valence-corrected chi connectivity index (χ0v) is 8.09. The van der Waals surface area contributed by atoms with Crippen molar-refractivity contribution in [3.63, 3.8) is 0 Å². The van der Waals surface area contributed by atoms with E-state index < -0.39 is 0 Å². The maximum Gasteiger partial charge on any atom is 0.159 e. The Balaban J connectivity index is 2.52. The molecule has 0 saturated carbocycles. The van der Waals surface area contributed by atoms with Gasteiger partial charge in [0.25, 0.3) is 0 Å². The quantitative estimate of drug-likeness (QED) is 0.593. The molecule has 0 radical (unpaired) electrons. The van der Waals surface area contributed by atoms with Crippen LogP contribution in [0, 0.1) is 0 Å². The van der Waals surface area contributed by atoms with E-state index in [2.05, 4.69) is 18.7 Å². The van der Waals surface area contributed by atoms with Gasteiger partial charge in [-0.05, 0) is 26.7 Å². The fourth-order valence-corrected chi connectivity index (χ4v) is 1.94. The van der Waals surface area contributed by atoms with Gasteiger partial charge in [-0.2, -0.15) is 0 Å². The molecule has 1 saturated heterocycles. The lowest BCUT2D eigenvalue weighted by Gasteiger charge is -2.38. The van der Waals surface area contributed by atoms with E-state index in [1.165, 1.54) is 0 Å². The van der Waals surface area contributed by atoms with Gasteiger partial charge in [0.2, 0.25) is 0 Å². The number of likely N-dealkylation sites (tertiary alicyclic amines) is 1. The zero-order chi connectivity index (χ0) is 9.14. The Morgan fingerprint density at radius 3 is 2.67 bits per heavy atom. The summed E-state index contributed by atoms with van der Waals surface area (Å²) in [6.45, 7) is 5.85. The minimum Gasteiger partial charge on any atom is -0.444 e. The van der Waals surface area contributed by atoms with E-state index in [0.717, 1.165) is 19.4 Å². The average Bonchev–Trinajstić information content (AvgIpc) is 2.04. The van der Waals surface area contributed by atoms with Crippen molar-refractivity contribution >= 4 is 0 Å². The molecule has 1 aliphatic heterocycles. The number of rotatable bonds is 2. The Morgan fingerprint density at radius 1 is 1.50 bits per heavy atom. The van der Waals surface area contributed by atoms with Crippen LogP contribution < -0.4 is 5.73 Å². The Morgan fingerprint density at radius 2 is 2.17 bits per heavy atom. The number of hydrogen-bond acceptors (Lipinski definition) is 2. The predicted molar refractivity (Wildman–Crippen MR) is 51.3 cm³/mol. The minimum absolute atomic E-state index is 0.329. The summed E-state index contributed by atoms with van der Waals surface area (Å²) in [5.41, 5.74) is 5.88. The summed E-state index contributed by atoms with van der Waals surface area (Å²) in [5.74, 6) is 0. The summed E-state index contributed by atoms with van der Waals surface area (Å²) in [5, 5.41) is 7.40. The van der Waals surface area contributed by atoms with E-state index >= 15 is 0 Å². The van der Waals surface area contributed by atoms with Crippen LogP contribution in [0.5, 0.6) is 0 Å². The maximum atomic E-state index is 7.40. The van der Waals surface area contributed by atoms with Crippen molar-refractivity contribution in [2.45, 2.75) is 44.8 Å². The maximum absolute atomic E-state index is 7.40. The smallest absolute Gasteiger partial charge is 0.159 e. The second kappa shape index (κ2) is 4.21. The molecule has 0 spiro atoms. The lowest BCUT2D eigenvalue weighted by atomic mass is 9.98. The van der Waals surface area contributed by atoms with Crippen molar-refractivity contribution in [1.29, 1.82) is 0 Å². The molecule has 0 aromatic rings. The van der Waals surface area contributed by atoms with Crippen LogP contribution in [-0.2, 0) is 0 Å². The van der Waals surface area contributed by atoms with E-state index in [1.54, 1.807) is 0 Å². The molecule has 72 valence electrons. The SMILES string of the molecule is CC(C)N1C[C@@H](N)CC[C@H]1C[OH2+]. The van der Waals surface area contributed by atoms with E-state index in [0.29, 0.717) is 24.7 Å². The van der Waals surface area contributed by atoms with Gasteiger partial charge < -0.3 is 10.8 Å². The molecule has 0 aliphatic carbocycles. The summed E-state index contributed by atoms with van der Waals surface area (Å²) in [4.78, 5) is 2.36. The van der Waals surface area contributed by atoms with Crippen molar-refractivity contribution in [3.05, 3.63) is 0 Å². The van der Waals surface area contributed by atoms with Crippen LogP contribution in [0.3, 0.4) is 0 Å². The van der Waals surface area contributed by atoms with Gasteiger partial charge in [-0.25, -0.2) is 0 Å². The molecule has 0 unspecified atom stereocenters. The third-order valence-electron chi connectivity index (χ3n) is 2.68. The van der Waals surface area contributed by atoms with Gasteiger partial charge in [0.1, 0.15) is 0 Å². The second-order valence-corrected chi connectivity index (χ2v) is 3.99. The third kappa shape index (κ3) is 2.19.